The molecule has 3 rings (SSSR count). The fraction of sp³-hybridized carbons (Fsp3) is 0.259. The Labute approximate surface area is 193 Å². The van der Waals surface area contributed by atoms with E-state index in [2.05, 4.69) is 6.58 Å². The quantitative estimate of drug-likeness (QED) is 0.344. The molecular weight excluding hydrogens is 421 g/mol. The van der Waals surface area contributed by atoms with Gasteiger partial charge in [-0.3, -0.25) is 4.79 Å². The van der Waals surface area contributed by atoms with Crippen LogP contribution < -0.4 is 4.74 Å². The Morgan fingerprint density at radius 2 is 1.76 bits per heavy atom. The van der Waals surface area contributed by atoms with Gasteiger partial charge in [-0.15, -0.1) is 6.58 Å². The molecule has 33 heavy (non-hydrogen) atoms. The number of aliphatic hydroxyl groups is 2. The first-order valence-electron chi connectivity index (χ1n) is 10.8. The van der Waals surface area contributed by atoms with Crippen LogP contribution in [0.5, 0.6) is 5.75 Å². The van der Waals surface area contributed by atoms with Crippen molar-refractivity contribution in [3.8, 4) is 28.3 Å². The maximum absolute atomic E-state index is 13.6. The van der Waals surface area contributed by atoms with Crippen molar-refractivity contribution in [1.82, 2.24) is 4.98 Å². The van der Waals surface area contributed by atoms with Crippen LogP contribution in [0.1, 0.15) is 38.2 Å². The number of benzene rings is 2. The van der Waals surface area contributed by atoms with E-state index >= 15 is 0 Å². The molecule has 0 radical (unpaired) electrons. The molecule has 2 unspecified atom stereocenters. The van der Waals surface area contributed by atoms with Gasteiger partial charge in [-0.05, 0) is 36.2 Å². The lowest BCUT2D eigenvalue weighted by molar-refractivity contribution is -0.136. The first-order valence-corrected chi connectivity index (χ1v) is 10.8. The number of hydrogen-bond acceptors (Lipinski definition) is 5. The molecule has 0 fully saturated rings. The maximum atomic E-state index is 13.6. The molecule has 0 spiro atoms. The fourth-order valence-electron chi connectivity index (χ4n) is 3.46. The summed E-state index contributed by atoms with van der Waals surface area (Å²) in [6.07, 6.45) is -1.03. The first kappa shape index (κ1) is 24.3. The second-order valence-electron chi connectivity index (χ2n) is 8.17. The van der Waals surface area contributed by atoms with Crippen molar-refractivity contribution >= 4 is 5.97 Å². The summed E-state index contributed by atoms with van der Waals surface area (Å²) in [6, 6.07) is 17.3. The Kier molecular flexibility index (Phi) is 8.09. The Morgan fingerprint density at radius 3 is 2.36 bits per heavy atom. The van der Waals surface area contributed by atoms with Gasteiger partial charge in [0, 0.05) is 23.1 Å². The van der Waals surface area contributed by atoms with E-state index in [0.717, 1.165) is 11.1 Å². The summed E-state index contributed by atoms with van der Waals surface area (Å²) in [4.78, 5) is 17.4. The molecule has 0 aliphatic heterocycles. The Hall–Kier alpha value is -3.35. The second kappa shape index (κ2) is 11.0. The zero-order chi connectivity index (χ0) is 24.0. The van der Waals surface area contributed by atoms with E-state index in [1.54, 1.807) is 12.1 Å². The molecular formula is C27H28FNO4. The number of rotatable bonds is 9. The summed E-state index contributed by atoms with van der Waals surface area (Å²) in [6.45, 7) is 7.42. The summed E-state index contributed by atoms with van der Waals surface area (Å²) in [5.41, 5.74) is 3.37. The lowest BCUT2D eigenvalue weighted by atomic mass is 9.96. The highest BCUT2D eigenvalue weighted by Gasteiger charge is 2.23. The van der Waals surface area contributed by atoms with E-state index in [4.69, 9.17) is 9.72 Å². The first-order chi connectivity index (χ1) is 15.8. The molecule has 0 amide bonds. The maximum Gasteiger partial charge on any atom is 0.313 e. The lowest BCUT2D eigenvalue weighted by Gasteiger charge is -2.19. The summed E-state index contributed by atoms with van der Waals surface area (Å²) < 4.78 is 19.3. The van der Waals surface area contributed by atoms with Gasteiger partial charge in [-0.25, -0.2) is 9.37 Å². The molecule has 0 saturated carbocycles. The minimum absolute atomic E-state index is 0.00929. The Bertz CT molecular complexity index is 1100. The average Bonchev–Trinajstić information content (AvgIpc) is 2.79. The van der Waals surface area contributed by atoms with Gasteiger partial charge in [-0.1, -0.05) is 50.3 Å². The number of halogens is 1. The van der Waals surface area contributed by atoms with E-state index in [1.165, 1.54) is 18.2 Å². The predicted molar refractivity (Wildman–Crippen MR) is 126 cm³/mol. The van der Waals surface area contributed by atoms with Gasteiger partial charge in [0.25, 0.3) is 0 Å². The number of carbonyl (C=O) groups excluding carboxylic acids is 1. The number of pyridine rings is 1. The lowest BCUT2D eigenvalue weighted by Crippen LogP contribution is -2.22. The molecule has 0 aliphatic carbocycles. The Morgan fingerprint density at radius 1 is 1.09 bits per heavy atom. The normalized spacial score (nSPS) is 12.9. The largest absolute Gasteiger partial charge is 0.424 e. The van der Waals surface area contributed by atoms with Crippen LogP contribution in [0, 0.1) is 5.82 Å². The summed E-state index contributed by atoms with van der Waals surface area (Å²) >= 11 is 0. The van der Waals surface area contributed by atoms with Gasteiger partial charge in [-0.2, -0.15) is 0 Å². The zero-order valence-electron chi connectivity index (χ0n) is 18.7. The van der Waals surface area contributed by atoms with Crippen molar-refractivity contribution in [1.29, 1.82) is 0 Å². The van der Waals surface area contributed by atoms with Crippen LogP contribution in [0.15, 0.2) is 73.3 Å². The molecule has 172 valence electrons. The van der Waals surface area contributed by atoms with Crippen molar-refractivity contribution in [2.75, 3.05) is 0 Å². The van der Waals surface area contributed by atoms with E-state index in [-0.39, 0.29) is 30.3 Å². The van der Waals surface area contributed by atoms with Crippen LogP contribution in [0.3, 0.4) is 0 Å². The van der Waals surface area contributed by atoms with Gasteiger partial charge in [0.1, 0.15) is 11.5 Å². The van der Waals surface area contributed by atoms with Gasteiger partial charge in [0.05, 0.1) is 24.3 Å². The monoisotopic (exact) mass is 449 g/mol. The smallest absolute Gasteiger partial charge is 0.313 e. The molecule has 1 aromatic heterocycles. The molecule has 0 bridgehead atoms. The molecule has 0 aliphatic rings. The molecule has 1 heterocycles. The van der Waals surface area contributed by atoms with Gasteiger partial charge >= 0.3 is 5.97 Å². The highest BCUT2D eigenvalue weighted by atomic mass is 19.1. The topological polar surface area (TPSA) is 79.7 Å². The number of hydrogen-bond donors (Lipinski definition) is 2. The minimum Gasteiger partial charge on any atom is -0.424 e. The third-order valence-electron chi connectivity index (χ3n) is 5.21. The van der Waals surface area contributed by atoms with Gasteiger partial charge in [0.15, 0.2) is 5.75 Å². The summed E-state index contributed by atoms with van der Waals surface area (Å²) in [5.74, 6) is -0.773. The zero-order valence-corrected chi connectivity index (χ0v) is 18.7. The van der Waals surface area contributed by atoms with E-state index in [0.29, 0.717) is 17.0 Å². The number of esters is 1. The number of aliphatic hydroxyl groups excluding tert-OH is 2. The molecule has 0 saturated heterocycles. The summed E-state index contributed by atoms with van der Waals surface area (Å²) in [5, 5.41) is 19.8. The average molecular weight is 450 g/mol. The highest BCUT2D eigenvalue weighted by molar-refractivity contribution is 5.80. The number of aromatic nitrogens is 1. The molecule has 3 aromatic rings. The SMILES string of the molecule is C=CC(O)CC(O)CC(=O)Oc1c(C(C)C)cc(-c2ccccc2)nc1-c1ccc(F)cc1. The van der Waals surface area contributed by atoms with Crippen molar-refractivity contribution in [2.45, 2.75) is 44.8 Å². The molecule has 2 N–H and O–H groups in total. The second-order valence-corrected chi connectivity index (χ2v) is 8.17. The summed E-state index contributed by atoms with van der Waals surface area (Å²) in [7, 11) is 0. The Balaban J connectivity index is 2.06. The third-order valence-corrected chi connectivity index (χ3v) is 5.21. The van der Waals surface area contributed by atoms with Crippen LogP contribution in [0.4, 0.5) is 4.39 Å². The molecule has 5 nitrogen and oxygen atoms in total. The van der Waals surface area contributed by atoms with Crippen LogP contribution in [-0.2, 0) is 4.79 Å². The van der Waals surface area contributed by atoms with Crippen molar-refractivity contribution in [3.05, 3.63) is 84.7 Å². The number of nitrogens with zero attached hydrogens (tertiary/aromatic N) is 1. The van der Waals surface area contributed by atoms with E-state index < -0.39 is 18.2 Å². The van der Waals surface area contributed by atoms with Crippen LogP contribution >= 0.6 is 0 Å². The van der Waals surface area contributed by atoms with Crippen LogP contribution in [0.2, 0.25) is 0 Å². The van der Waals surface area contributed by atoms with Crippen molar-refractivity contribution in [3.63, 3.8) is 0 Å². The fourth-order valence-corrected chi connectivity index (χ4v) is 3.46. The van der Waals surface area contributed by atoms with Crippen molar-refractivity contribution < 1.29 is 24.1 Å². The van der Waals surface area contributed by atoms with E-state index in [9.17, 15) is 19.4 Å². The highest BCUT2D eigenvalue weighted by Crippen LogP contribution is 2.39. The van der Waals surface area contributed by atoms with Gasteiger partial charge < -0.3 is 14.9 Å². The standard InChI is InChI=1S/C27H28FNO4/c1-4-21(30)14-22(31)15-25(32)33-27-23(17(2)3)16-24(18-8-6-5-7-9-18)29-26(27)19-10-12-20(28)13-11-19/h4-13,16-17,21-22,30-31H,1,14-15H2,2-3H3. The predicted octanol–water partition coefficient (Wildman–Crippen LogP) is 5.27. The minimum atomic E-state index is -1.08. The van der Waals surface area contributed by atoms with Crippen LogP contribution in [-0.4, -0.2) is 33.4 Å². The van der Waals surface area contributed by atoms with Gasteiger partial charge in [0.2, 0.25) is 0 Å². The van der Waals surface area contributed by atoms with Crippen LogP contribution in [0.25, 0.3) is 22.5 Å². The molecule has 2 aromatic carbocycles. The van der Waals surface area contributed by atoms with Crippen molar-refractivity contribution in [2.24, 2.45) is 0 Å². The molecule has 2 atom stereocenters. The van der Waals surface area contributed by atoms with E-state index in [1.807, 2.05) is 50.2 Å². The molecule has 6 heteroatoms. The third kappa shape index (κ3) is 6.34. The number of carbonyl (C=O) groups is 1. The number of ether oxygens (including phenoxy) is 1.